The maximum Gasteiger partial charge on any atom is 0.119 e. The number of hydrogen-bond donors (Lipinski definition) is 0. The highest BCUT2D eigenvalue weighted by Crippen LogP contribution is 2.12. The van der Waals surface area contributed by atoms with Crippen molar-refractivity contribution in [2.75, 3.05) is 73.2 Å². The molecular weight excluding hydrogens is 324 g/mol. The van der Waals surface area contributed by atoms with Gasteiger partial charge in [-0.3, -0.25) is 0 Å². The van der Waals surface area contributed by atoms with E-state index in [9.17, 15) is 0 Å². The molecule has 0 spiro atoms. The van der Waals surface area contributed by atoms with Crippen LogP contribution < -0.4 is 4.74 Å². The zero-order valence-corrected chi connectivity index (χ0v) is 15.1. The van der Waals surface area contributed by atoms with E-state index >= 15 is 0 Å². The number of rotatable bonds is 17. The van der Waals surface area contributed by atoms with Gasteiger partial charge in [0.15, 0.2) is 0 Å². The monoisotopic (exact) mass is 354 g/mol. The molecule has 0 saturated heterocycles. The third-order valence-electron chi connectivity index (χ3n) is 3.16. The third-order valence-corrected chi connectivity index (χ3v) is 3.16. The van der Waals surface area contributed by atoms with Crippen LogP contribution in [-0.2, 0) is 23.7 Å². The normalized spacial score (nSPS) is 10.8. The molecule has 0 aliphatic rings. The number of methoxy groups -OCH3 is 1. The van der Waals surface area contributed by atoms with E-state index in [-0.39, 0.29) is 0 Å². The van der Waals surface area contributed by atoms with Crippen molar-refractivity contribution in [1.29, 1.82) is 0 Å². The van der Waals surface area contributed by atoms with Crippen LogP contribution in [0.5, 0.6) is 5.75 Å². The largest absolute Gasteiger partial charge is 0.491 e. The molecule has 0 unspecified atom stereocenters. The first-order valence-corrected chi connectivity index (χ1v) is 8.52. The summed E-state index contributed by atoms with van der Waals surface area (Å²) in [6.07, 6.45) is 1.80. The molecule has 0 bridgehead atoms. The van der Waals surface area contributed by atoms with Gasteiger partial charge in [0.1, 0.15) is 12.4 Å². The predicted molar refractivity (Wildman–Crippen MR) is 97.2 cm³/mol. The van der Waals surface area contributed by atoms with Gasteiger partial charge < -0.3 is 28.4 Å². The molecule has 0 amide bonds. The second-order valence-corrected chi connectivity index (χ2v) is 5.06. The molecule has 0 atom stereocenters. The van der Waals surface area contributed by atoms with Crippen LogP contribution >= 0.6 is 0 Å². The van der Waals surface area contributed by atoms with Gasteiger partial charge in [0.2, 0.25) is 0 Å². The Morgan fingerprint density at radius 1 is 0.680 bits per heavy atom. The van der Waals surface area contributed by atoms with E-state index in [0.717, 1.165) is 11.3 Å². The molecule has 1 aromatic rings. The minimum Gasteiger partial charge on any atom is -0.491 e. The molecule has 0 aliphatic heterocycles. The lowest BCUT2D eigenvalue weighted by Gasteiger charge is -2.08. The molecule has 0 aliphatic carbocycles. The third kappa shape index (κ3) is 12.6. The molecule has 0 radical (unpaired) electrons. The highest BCUT2D eigenvalue weighted by Gasteiger charge is 1.95. The molecule has 1 rings (SSSR count). The smallest absolute Gasteiger partial charge is 0.119 e. The van der Waals surface area contributed by atoms with Crippen LogP contribution in [0.2, 0.25) is 0 Å². The van der Waals surface area contributed by atoms with Gasteiger partial charge >= 0.3 is 0 Å². The Balaban J connectivity index is 1.79. The number of hydrogen-bond acceptors (Lipinski definition) is 6. The van der Waals surface area contributed by atoms with E-state index in [4.69, 9.17) is 28.4 Å². The van der Waals surface area contributed by atoms with Crippen molar-refractivity contribution in [2.24, 2.45) is 0 Å². The zero-order valence-electron chi connectivity index (χ0n) is 15.1. The average Bonchev–Trinajstić information content (AvgIpc) is 2.65. The van der Waals surface area contributed by atoms with Crippen LogP contribution in [0.4, 0.5) is 0 Å². The van der Waals surface area contributed by atoms with E-state index in [0.29, 0.717) is 66.1 Å². The van der Waals surface area contributed by atoms with Gasteiger partial charge in [-0.25, -0.2) is 0 Å². The Morgan fingerprint density at radius 3 is 1.56 bits per heavy atom. The van der Waals surface area contributed by atoms with Crippen molar-refractivity contribution in [1.82, 2.24) is 0 Å². The second kappa shape index (κ2) is 16.1. The quantitative estimate of drug-likeness (QED) is 0.401. The van der Waals surface area contributed by atoms with Crippen LogP contribution in [-0.4, -0.2) is 73.2 Å². The van der Waals surface area contributed by atoms with Gasteiger partial charge in [0, 0.05) is 7.11 Å². The summed E-state index contributed by atoms with van der Waals surface area (Å²) in [6, 6.07) is 7.77. The maximum absolute atomic E-state index is 5.57. The van der Waals surface area contributed by atoms with Gasteiger partial charge in [-0.15, -0.1) is 0 Å². The lowest BCUT2D eigenvalue weighted by atomic mass is 10.2. The standard InChI is InChI=1S/C19H30O6/c1-3-18-4-6-19(7-5-18)25-17-16-24-15-14-23-13-12-22-11-10-21-9-8-20-2/h3-7H,1,8-17H2,2H3. The fraction of sp³-hybridized carbons (Fsp3) is 0.579. The fourth-order valence-electron chi connectivity index (χ4n) is 1.82. The van der Waals surface area contributed by atoms with Crippen molar-refractivity contribution in [2.45, 2.75) is 0 Å². The van der Waals surface area contributed by atoms with Crippen molar-refractivity contribution in [3.63, 3.8) is 0 Å². The van der Waals surface area contributed by atoms with Gasteiger partial charge in [0.25, 0.3) is 0 Å². The van der Waals surface area contributed by atoms with Crippen LogP contribution in [0.1, 0.15) is 5.56 Å². The Bertz CT molecular complexity index is 420. The molecule has 1 aromatic carbocycles. The van der Waals surface area contributed by atoms with Crippen LogP contribution in [0.3, 0.4) is 0 Å². The summed E-state index contributed by atoms with van der Waals surface area (Å²) in [5, 5.41) is 0. The van der Waals surface area contributed by atoms with Crippen molar-refractivity contribution in [3.05, 3.63) is 36.4 Å². The van der Waals surface area contributed by atoms with Gasteiger partial charge in [0.05, 0.1) is 59.5 Å². The predicted octanol–water partition coefficient (Wildman–Crippen LogP) is 2.42. The lowest BCUT2D eigenvalue weighted by molar-refractivity contribution is -0.00978. The first-order valence-electron chi connectivity index (χ1n) is 8.52. The van der Waals surface area contributed by atoms with Crippen molar-refractivity contribution < 1.29 is 28.4 Å². The van der Waals surface area contributed by atoms with Crippen LogP contribution in [0.25, 0.3) is 6.08 Å². The topological polar surface area (TPSA) is 55.4 Å². The number of ether oxygens (including phenoxy) is 6. The summed E-state index contributed by atoms with van der Waals surface area (Å²) in [6.45, 7) is 9.28. The first-order chi connectivity index (χ1) is 12.4. The van der Waals surface area contributed by atoms with Crippen molar-refractivity contribution in [3.8, 4) is 5.75 Å². The highest BCUT2D eigenvalue weighted by molar-refractivity contribution is 5.48. The fourth-order valence-corrected chi connectivity index (χ4v) is 1.82. The van der Waals surface area contributed by atoms with Gasteiger partial charge in [-0.2, -0.15) is 0 Å². The molecule has 0 heterocycles. The summed E-state index contributed by atoms with van der Waals surface area (Å²) in [7, 11) is 1.65. The zero-order chi connectivity index (χ0) is 18.0. The molecule has 6 heteroatoms. The van der Waals surface area contributed by atoms with Gasteiger partial charge in [-0.05, 0) is 17.7 Å². The van der Waals surface area contributed by atoms with E-state index in [2.05, 4.69) is 6.58 Å². The molecule has 0 N–H and O–H groups in total. The van der Waals surface area contributed by atoms with Gasteiger partial charge in [-0.1, -0.05) is 24.8 Å². The average molecular weight is 354 g/mol. The van der Waals surface area contributed by atoms with Crippen LogP contribution in [0.15, 0.2) is 30.8 Å². The summed E-state index contributed by atoms with van der Waals surface area (Å²) in [5.41, 5.74) is 1.07. The molecule has 142 valence electrons. The second-order valence-electron chi connectivity index (χ2n) is 5.06. The first kappa shape index (κ1) is 21.6. The Morgan fingerprint density at radius 2 is 1.12 bits per heavy atom. The van der Waals surface area contributed by atoms with Crippen molar-refractivity contribution >= 4 is 6.08 Å². The minimum atomic E-state index is 0.514. The number of benzene rings is 1. The Kier molecular flexibility index (Phi) is 13.9. The molecule has 0 saturated carbocycles. The molecule has 0 fully saturated rings. The van der Waals surface area contributed by atoms with E-state index in [1.807, 2.05) is 24.3 Å². The maximum atomic E-state index is 5.57. The highest BCUT2D eigenvalue weighted by atomic mass is 16.6. The summed E-state index contributed by atoms with van der Waals surface area (Å²) in [5.74, 6) is 0.828. The summed E-state index contributed by atoms with van der Waals surface area (Å²) >= 11 is 0. The van der Waals surface area contributed by atoms with E-state index in [1.54, 1.807) is 13.2 Å². The van der Waals surface area contributed by atoms with Crippen LogP contribution in [0, 0.1) is 0 Å². The molecule has 6 nitrogen and oxygen atoms in total. The summed E-state index contributed by atoms with van der Waals surface area (Å²) < 4.78 is 31.9. The lowest BCUT2D eigenvalue weighted by Crippen LogP contribution is -2.14. The van der Waals surface area contributed by atoms with E-state index in [1.165, 1.54) is 0 Å². The molecule has 25 heavy (non-hydrogen) atoms. The Hall–Kier alpha value is -1.44. The molecular formula is C19H30O6. The summed E-state index contributed by atoms with van der Waals surface area (Å²) in [4.78, 5) is 0. The van der Waals surface area contributed by atoms with E-state index < -0.39 is 0 Å². The molecule has 0 aromatic heterocycles. The minimum absolute atomic E-state index is 0.514. The SMILES string of the molecule is C=Cc1ccc(OCCOCCOCCOCCOCCOC)cc1. The Labute approximate surface area is 150 Å².